The fourth-order valence-electron chi connectivity index (χ4n) is 5.95. The van der Waals surface area contributed by atoms with Crippen molar-refractivity contribution in [3.8, 4) is 17.7 Å². The Labute approximate surface area is 265 Å². The first-order valence-electron chi connectivity index (χ1n) is 14.1. The van der Waals surface area contributed by atoms with E-state index in [9.17, 15) is 13.7 Å². The Morgan fingerprint density at radius 2 is 1.78 bits per heavy atom. The number of benzene rings is 1. The zero-order valence-corrected chi connectivity index (χ0v) is 26.0. The first-order valence-corrected chi connectivity index (χ1v) is 15.9. The molecule has 1 saturated heterocycles. The topological polar surface area (TPSA) is 142 Å². The fourth-order valence-corrected chi connectivity index (χ4v) is 7.47. The molecule has 6 rings (SSSR count). The number of ether oxygens (including phenoxy) is 2. The number of methoxy groups -OCH3 is 1. The van der Waals surface area contributed by atoms with Crippen molar-refractivity contribution in [2.45, 2.75) is 17.5 Å². The monoisotopic (exact) mass is 645 g/mol. The molecule has 2 aliphatic rings. The van der Waals surface area contributed by atoms with E-state index in [4.69, 9.17) is 21.1 Å². The van der Waals surface area contributed by atoms with Gasteiger partial charge in [0.15, 0.2) is 10.6 Å². The Bertz CT molecular complexity index is 1900. The van der Waals surface area contributed by atoms with Gasteiger partial charge in [0.05, 0.1) is 37.2 Å². The van der Waals surface area contributed by atoms with Crippen LogP contribution in [0.25, 0.3) is 0 Å². The van der Waals surface area contributed by atoms with Crippen LogP contribution in [0.3, 0.4) is 0 Å². The average Bonchev–Trinajstić information content (AvgIpc) is 3.33. The standard InChI is InChI=1S/C31H28ClN7O5S/c1-3-44-29-24(6-8-27(32)36-29)31(38-16-14-37(15-17-38)22-10-12-34-13-11-22)25-18-21(19-33)4-7-26(25)39(30(31)40)45(41,42)28-9-5-23(43-2)20-35-28/h4-13,18,20H,3,14-17H2,1-2H3. The summed E-state index contributed by atoms with van der Waals surface area (Å²) in [5, 5.41) is 9.71. The molecule has 0 bridgehead atoms. The molecule has 4 aromatic rings. The van der Waals surface area contributed by atoms with Crippen LogP contribution in [0.2, 0.25) is 5.15 Å². The van der Waals surface area contributed by atoms with Crippen molar-refractivity contribution in [2.24, 2.45) is 0 Å². The minimum Gasteiger partial charge on any atom is -0.495 e. The van der Waals surface area contributed by atoms with Gasteiger partial charge in [-0.3, -0.25) is 14.7 Å². The van der Waals surface area contributed by atoms with E-state index < -0.39 is 21.5 Å². The highest BCUT2D eigenvalue weighted by Gasteiger charge is 2.61. The van der Waals surface area contributed by atoms with Gasteiger partial charge in [-0.2, -0.15) is 18.0 Å². The van der Waals surface area contributed by atoms with Crippen LogP contribution in [0.15, 0.2) is 78.2 Å². The lowest BCUT2D eigenvalue weighted by Crippen LogP contribution is -2.60. The van der Waals surface area contributed by atoms with Gasteiger partial charge in [0, 0.05) is 55.4 Å². The molecule has 2 aliphatic heterocycles. The normalized spacial score (nSPS) is 18.4. The van der Waals surface area contributed by atoms with Crippen molar-refractivity contribution in [2.75, 3.05) is 49.1 Å². The number of halogens is 1. The largest absolute Gasteiger partial charge is 0.495 e. The molecular formula is C31H28ClN7O5S. The molecule has 0 spiro atoms. The van der Waals surface area contributed by atoms with Crippen LogP contribution in [0.5, 0.6) is 11.6 Å². The van der Waals surface area contributed by atoms with E-state index in [1.54, 1.807) is 31.5 Å². The quantitative estimate of drug-likeness (QED) is 0.259. The van der Waals surface area contributed by atoms with Crippen molar-refractivity contribution < 1.29 is 22.7 Å². The number of aromatic nitrogens is 3. The van der Waals surface area contributed by atoms with Crippen molar-refractivity contribution in [3.63, 3.8) is 0 Å². The molecule has 14 heteroatoms. The molecule has 12 nitrogen and oxygen atoms in total. The molecule has 1 atom stereocenters. The van der Waals surface area contributed by atoms with Crippen LogP contribution >= 0.6 is 11.6 Å². The highest BCUT2D eigenvalue weighted by molar-refractivity contribution is 7.93. The molecule has 0 aliphatic carbocycles. The molecule has 1 aromatic carbocycles. The van der Waals surface area contributed by atoms with Gasteiger partial charge in [-0.1, -0.05) is 11.6 Å². The van der Waals surface area contributed by atoms with Crippen LogP contribution < -0.4 is 18.7 Å². The van der Waals surface area contributed by atoms with Crippen LogP contribution in [0.1, 0.15) is 23.6 Å². The second-order valence-corrected chi connectivity index (χ2v) is 12.4. The number of piperazine rings is 1. The van der Waals surface area contributed by atoms with Gasteiger partial charge in [0.2, 0.25) is 5.88 Å². The van der Waals surface area contributed by atoms with Crippen LogP contribution in [-0.4, -0.2) is 74.1 Å². The maximum Gasteiger partial charge on any atom is 0.288 e. The number of pyridine rings is 3. The van der Waals surface area contributed by atoms with E-state index in [1.807, 2.05) is 17.0 Å². The predicted molar refractivity (Wildman–Crippen MR) is 166 cm³/mol. The molecule has 0 N–H and O–H groups in total. The number of rotatable bonds is 8. The number of hydrogen-bond donors (Lipinski definition) is 0. The molecule has 0 radical (unpaired) electrons. The van der Waals surface area contributed by atoms with Gasteiger partial charge in [-0.25, -0.2) is 9.97 Å². The fraction of sp³-hybridized carbons (Fsp3) is 0.258. The Kier molecular flexibility index (Phi) is 8.05. The highest BCUT2D eigenvalue weighted by Crippen LogP contribution is 2.52. The molecular weight excluding hydrogens is 618 g/mol. The number of hydrogen-bond acceptors (Lipinski definition) is 11. The summed E-state index contributed by atoms with van der Waals surface area (Å²) in [5.74, 6) is -0.326. The van der Waals surface area contributed by atoms with Gasteiger partial charge >= 0.3 is 0 Å². The van der Waals surface area contributed by atoms with E-state index in [-0.39, 0.29) is 33.9 Å². The number of carbonyl (C=O) groups excluding carboxylic acids is 1. The summed E-state index contributed by atoms with van der Waals surface area (Å²) in [7, 11) is -3.11. The van der Waals surface area contributed by atoms with Crippen molar-refractivity contribution in [1.82, 2.24) is 19.9 Å². The summed E-state index contributed by atoms with van der Waals surface area (Å²) in [4.78, 5) is 31.9. The molecule has 3 aromatic heterocycles. The smallest absolute Gasteiger partial charge is 0.288 e. The van der Waals surface area contributed by atoms with Crippen molar-refractivity contribution in [3.05, 3.63) is 95.0 Å². The number of nitrogens with zero attached hydrogens (tertiary/aromatic N) is 7. The first kappa shape index (κ1) is 30.3. The van der Waals surface area contributed by atoms with E-state index in [0.29, 0.717) is 43.1 Å². The van der Waals surface area contributed by atoms with E-state index in [1.165, 1.54) is 43.6 Å². The first-order chi connectivity index (χ1) is 21.7. The zero-order valence-electron chi connectivity index (χ0n) is 24.4. The lowest BCUT2D eigenvalue weighted by molar-refractivity contribution is -0.127. The third kappa shape index (κ3) is 5.01. The minimum atomic E-state index is -4.55. The number of amides is 1. The third-order valence-electron chi connectivity index (χ3n) is 7.96. The maximum atomic E-state index is 15.2. The van der Waals surface area contributed by atoms with Gasteiger partial charge in [-0.05, 0) is 61.5 Å². The SMILES string of the molecule is CCOc1nc(Cl)ccc1C1(N2CCN(c3ccncc3)CC2)C(=O)N(S(=O)(=O)c2ccc(OC)cn2)c2ccc(C#N)cc21. The molecule has 5 heterocycles. The van der Waals surface area contributed by atoms with Crippen molar-refractivity contribution >= 4 is 38.9 Å². The molecule has 230 valence electrons. The minimum absolute atomic E-state index is 0.0880. The maximum absolute atomic E-state index is 15.2. The number of carbonyl (C=O) groups is 1. The number of sulfonamides is 1. The second kappa shape index (κ2) is 12.0. The molecule has 1 fully saturated rings. The summed E-state index contributed by atoms with van der Waals surface area (Å²) in [5.41, 5.74) is 0.211. The zero-order chi connectivity index (χ0) is 31.8. The van der Waals surface area contributed by atoms with Gasteiger partial charge in [0.1, 0.15) is 10.9 Å². The molecule has 1 amide bonds. The second-order valence-electron chi connectivity index (χ2n) is 10.3. The summed E-state index contributed by atoms with van der Waals surface area (Å²) in [6.45, 7) is 3.73. The molecule has 0 saturated carbocycles. The Morgan fingerprint density at radius 3 is 2.42 bits per heavy atom. The number of nitriles is 1. The summed E-state index contributed by atoms with van der Waals surface area (Å²) in [6.07, 6.45) is 4.70. The number of fused-ring (bicyclic) bond motifs is 1. The van der Waals surface area contributed by atoms with Crippen molar-refractivity contribution in [1.29, 1.82) is 5.26 Å². The lowest BCUT2D eigenvalue weighted by atomic mass is 9.81. The van der Waals surface area contributed by atoms with E-state index in [2.05, 4.69) is 25.9 Å². The summed E-state index contributed by atoms with van der Waals surface area (Å²) < 4.78 is 40.5. The average molecular weight is 646 g/mol. The van der Waals surface area contributed by atoms with Gasteiger partial charge in [-0.15, -0.1) is 0 Å². The van der Waals surface area contributed by atoms with Crippen LogP contribution in [0, 0.1) is 11.3 Å². The molecule has 1 unspecified atom stereocenters. The van der Waals surface area contributed by atoms with Crippen LogP contribution in [-0.2, 0) is 20.4 Å². The lowest BCUT2D eigenvalue weighted by Gasteiger charge is -2.45. The van der Waals surface area contributed by atoms with E-state index >= 15 is 4.79 Å². The van der Waals surface area contributed by atoms with Gasteiger partial charge in [0.25, 0.3) is 15.9 Å². The molecule has 45 heavy (non-hydrogen) atoms. The highest BCUT2D eigenvalue weighted by atomic mass is 35.5. The van der Waals surface area contributed by atoms with Crippen LogP contribution in [0.4, 0.5) is 11.4 Å². The Hall–Kier alpha value is -4.77. The third-order valence-corrected chi connectivity index (χ3v) is 9.78. The predicted octanol–water partition coefficient (Wildman–Crippen LogP) is 3.61. The summed E-state index contributed by atoms with van der Waals surface area (Å²) in [6, 6.07) is 16.4. The van der Waals surface area contributed by atoms with Gasteiger partial charge < -0.3 is 14.4 Å². The summed E-state index contributed by atoms with van der Waals surface area (Å²) >= 11 is 6.30. The van der Waals surface area contributed by atoms with E-state index in [0.717, 1.165) is 9.99 Å². The Morgan fingerprint density at radius 1 is 1.02 bits per heavy atom. The number of anilines is 2. The Balaban J connectivity index is 1.57.